The van der Waals surface area contributed by atoms with Gasteiger partial charge in [-0.3, -0.25) is 0 Å². The normalized spacial score (nSPS) is 14.5. The Morgan fingerprint density at radius 2 is 1.69 bits per heavy atom. The Morgan fingerprint density at radius 3 is 2.44 bits per heavy atom. The highest BCUT2D eigenvalue weighted by Gasteiger charge is 2.29. The van der Waals surface area contributed by atoms with Gasteiger partial charge in [0.2, 0.25) is 10.0 Å². The fourth-order valence-corrected chi connectivity index (χ4v) is 5.42. The predicted octanol–water partition coefficient (Wildman–Crippen LogP) is 4.74. The van der Waals surface area contributed by atoms with Crippen molar-refractivity contribution in [1.82, 2.24) is 4.31 Å². The van der Waals surface area contributed by atoms with Crippen LogP contribution >= 0.6 is 0 Å². The zero-order valence-electron chi connectivity index (χ0n) is 18.2. The van der Waals surface area contributed by atoms with Gasteiger partial charge < -0.3 is 9.47 Å². The largest absolute Gasteiger partial charge is 0.492 e. The number of aryl methyl sites for hydroxylation is 2. The zero-order valence-corrected chi connectivity index (χ0v) is 19.0. The van der Waals surface area contributed by atoms with Crippen LogP contribution in [0.2, 0.25) is 0 Å². The minimum absolute atomic E-state index is 0.233. The molecule has 168 valence electrons. The molecule has 4 rings (SSSR count). The van der Waals surface area contributed by atoms with Crippen molar-refractivity contribution in [2.45, 2.75) is 38.5 Å². The molecule has 0 unspecified atom stereocenters. The number of ether oxygens (including phenoxy) is 2. The van der Waals surface area contributed by atoms with Crippen LogP contribution in [0.15, 0.2) is 65.6 Å². The van der Waals surface area contributed by atoms with Crippen LogP contribution in [0.1, 0.15) is 27.8 Å². The molecule has 1 heterocycles. The Balaban J connectivity index is 1.49. The molecular weight excluding hydrogens is 429 g/mol. The topological polar surface area (TPSA) is 55.8 Å². The standard InChI is InChI=1S/C25H26FNO4S/c1-18-3-10-25(19(2)13-18)32(28,29)27-11-12-31-24-9-6-21(14-22(24)15-27)17-30-16-20-4-7-23(26)8-5-20/h3-10,13-14H,11-12,15-17H2,1-2H3. The maximum absolute atomic E-state index is 13.3. The molecule has 7 heteroatoms. The molecule has 0 spiro atoms. The number of hydrogen-bond donors (Lipinski definition) is 0. The second kappa shape index (κ2) is 9.40. The van der Waals surface area contributed by atoms with Crippen molar-refractivity contribution in [3.63, 3.8) is 0 Å². The first-order chi connectivity index (χ1) is 15.3. The summed E-state index contributed by atoms with van der Waals surface area (Å²) in [5, 5.41) is 0. The van der Waals surface area contributed by atoms with Crippen molar-refractivity contribution in [3.8, 4) is 5.75 Å². The van der Waals surface area contributed by atoms with Crippen molar-refractivity contribution < 1.29 is 22.3 Å². The van der Waals surface area contributed by atoms with Crippen LogP contribution in [-0.4, -0.2) is 25.9 Å². The summed E-state index contributed by atoms with van der Waals surface area (Å²) in [6, 6.07) is 17.3. The molecule has 0 bridgehead atoms. The van der Waals surface area contributed by atoms with Gasteiger partial charge >= 0.3 is 0 Å². The average molecular weight is 456 g/mol. The van der Waals surface area contributed by atoms with E-state index < -0.39 is 10.0 Å². The SMILES string of the molecule is Cc1ccc(S(=O)(=O)N2CCOc3ccc(COCc4ccc(F)cc4)cc3C2)c(C)c1. The Hall–Kier alpha value is -2.74. The molecule has 0 fully saturated rings. The van der Waals surface area contributed by atoms with E-state index in [-0.39, 0.29) is 25.5 Å². The number of fused-ring (bicyclic) bond motifs is 1. The molecule has 0 saturated heterocycles. The average Bonchev–Trinajstić information content (AvgIpc) is 2.97. The first kappa shape index (κ1) is 22.5. The molecule has 1 aliphatic rings. The Labute approximate surface area is 188 Å². The van der Waals surface area contributed by atoms with E-state index in [0.29, 0.717) is 23.9 Å². The van der Waals surface area contributed by atoms with Gasteiger partial charge in [0, 0.05) is 18.7 Å². The first-order valence-electron chi connectivity index (χ1n) is 10.5. The lowest BCUT2D eigenvalue weighted by Gasteiger charge is -2.21. The van der Waals surface area contributed by atoms with Crippen molar-refractivity contribution in [1.29, 1.82) is 0 Å². The summed E-state index contributed by atoms with van der Waals surface area (Å²) in [7, 11) is -3.65. The fraction of sp³-hybridized carbons (Fsp3) is 0.280. The highest BCUT2D eigenvalue weighted by molar-refractivity contribution is 7.89. The van der Waals surface area contributed by atoms with E-state index in [9.17, 15) is 12.8 Å². The molecule has 5 nitrogen and oxygen atoms in total. The Morgan fingerprint density at radius 1 is 0.969 bits per heavy atom. The Bertz CT molecular complexity index is 1210. The molecule has 0 aliphatic carbocycles. The number of nitrogens with zero attached hydrogens (tertiary/aromatic N) is 1. The first-order valence-corrected chi connectivity index (χ1v) is 11.9. The van der Waals surface area contributed by atoms with Gasteiger partial charge in [-0.1, -0.05) is 35.9 Å². The van der Waals surface area contributed by atoms with Crippen LogP contribution in [0, 0.1) is 19.7 Å². The quantitative estimate of drug-likeness (QED) is 0.539. The molecular formula is C25H26FNO4S. The van der Waals surface area contributed by atoms with Crippen molar-refractivity contribution >= 4 is 10.0 Å². The predicted molar refractivity (Wildman–Crippen MR) is 120 cm³/mol. The monoisotopic (exact) mass is 455 g/mol. The minimum atomic E-state index is -3.65. The second-order valence-electron chi connectivity index (χ2n) is 8.02. The summed E-state index contributed by atoms with van der Waals surface area (Å²) >= 11 is 0. The summed E-state index contributed by atoms with van der Waals surface area (Å²) in [6.45, 7) is 5.28. The van der Waals surface area contributed by atoms with E-state index in [1.54, 1.807) is 18.2 Å². The van der Waals surface area contributed by atoms with Gasteiger partial charge in [0.15, 0.2) is 0 Å². The molecule has 0 atom stereocenters. The maximum atomic E-state index is 13.3. The molecule has 32 heavy (non-hydrogen) atoms. The van der Waals surface area contributed by atoms with Crippen LogP contribution in [0.5, 0.6) is 5.75 Å². The molecule has 0 radical (unpaired) electrons. The highest BCUT2D eigenvalue weighted by Crippen LogP contribution is 2.29. The molecule has 0 aromatic heterocycles. The summed E-state index contributed by atoms with van der Waals surface area (Å²) in [5.74, 6) is 0.408. The summed E-state index contributed by atoms with van der Waals surface area (Å²) in [4.78, 5) is 0.324. The lowest BCUT2D eigenvalue weighted by Crippen LogP contribution is -2.33. The van der Waals surface area contributed by atoms with Crippen molar-refractivity contribution in [2.75, 3.05) is 13.2 Å². The van der Waals surface area contributed by atoms with Gasteiger partial charge in [-0.25, -0.2) is 12.8 Å². The number of sulfonamides is 1. The van der Waals surface area contributed by atoms with E-state index in [1.807, 2.05) is 44.2 Å². The van der Waals surface area contributed by atoms with Gasteiger partial charge in [0.25, 0.3) is 0 Å². The van der Waals surface area contributed by atoms with E-state index >= 15 is 0 Å². The van der Waals surface area contributed by atoms with Crippen molar-refractivity contribution in [3.05, 3.63) is 94.3 Å². The number of rotatable bonds is 6. The third kappa shape index (κ3) is 5.01. The Kier molecular flexibility index (Phi) is 6.60. The van der Waals surface area contributed by atoms with Gasteiger partial charge in [-0.05, 0) is 60.9 Å². The number of hydrogen-bond acceptors (Lipinski definition) is 4. The lowest BCUT2D eigenvalue weighted by atomic mass is 10.1. The molecule has 3 aromatic rings. The highest BCUT2D eigenvalue weighted by atomic mass is 32.2. The van der Waals surface area contributed by atoms with Crippen LogP contribution in [0.4, 0.5) is 4.39 Å². The summed E-state index contributed by atoms with van der Waals surface area (Å²) in [5.41, 5.74) is 4.36. The van der Waals surface area contributed by atoms with Gasteiger partial charge in [0.05, 0.1) is 18.1 Å². The molecule has 1 aliphatic heterocycles. The molecule has 0 saturated carbocycles. The lowest BCUT2D eigenvalue weighted by molar-refractivity contribution is 0.107. The minimum Gasteiger partial charge on any atom is -0.492 e. The maximum Gasteiger partial charge on any atom is 0.243 e. The third-order valence-electron chi connectivity index (χ3n) is 5.47. The number of benzene rings is 3. The van der Waals surface area contributed by atoms with Gasteiger partial charge in [-0.2, -0.15) is 4.31 Å². The summed E-state index contributed by atoms with van der Waals surface area (Å²) < 4.78 is 52.8. The second-order valence-corrected chi connectivity index (χ2v) is 9.92. The molecule has 0 amide bonds. The fourth-order valence-electron chi connectivity index (χ4n) is 3.81. The van der Waals surface area contributed by atoms with Crippen LogP contribution in [0.3, 0.4) is 0 Å². The van der Waals surface area contributed by atoms with Crippen LogP contribution in [-0.2, 0) is 34.5 Å². The van der Waals surface area contributed by atoms with Crippen LogP contribution < -0.4 is 4.74 Å². The van der Waals surface area contributed by atoms with Gasteiger partial charge in [-0.15, -0.1) is 0 Å². The number of halogens is 1. The van der Waals surface area contributed by atoms with Crippen molar-refractivity contribution in [2.24, 2.45) is 0 Å². The van der Waals surface area contributed by atoms with E-state index in [0.717, 1.165) is 27.8 Å². The summed E-state index contributed by atoms with van der Waals surface area (Å²) in [6.07, 6.45) is 0. The molecule has 0 N–H and O–H groups in total. The van der Waals surface area contributed by atoms with Crippen LogP contribution in [0.25, 0.3) is 0 Å². The zero-order chi connectivity index (χ0) is 22.7. The third-order valence-corrected chi connectivity index (χ3v) is 7.47. The van der Waals surface area contributed by atoms with E-state index in [1.165, 1.54) is 16.4 Å². The van der Waals surface area contributed by atoms with E-state index in [2.05, 4.69) is 0 Å². The van der Waals surface area contributed by atoms with Gasteiger partial charge in [0.1, 0.15) is 18.2 Å². The molecule has 3 aromatic carbocycles. The van der Waals surface area contributed by atoms with E-state index in [4.69, 9.17) is 9.47 Å². The smallest absolute Gasteiger partial charge is 0.243 e.